The molecule has 0 saturated carbocycles. The molecule has 208 valence electrons. The Morgan fingerprint density at radius 3 is 2.30 bits per heavy atom. The molecule has 2 amide bonds. The third kappa shape index (κ3) is 6.74. The van der Waals surface area contributed by atoms with Crippen molar-refractivity contribution in [2.75, 3.05) is 30.8 Å². The number of aryl methyl sites for hydroxylation is 1. The molecule has 40 heavy (non-hydrogen) atoms. The summed E-state index contributed by atoms with van der Waals surface area (Å²) in [5.41, 5.74) is 2.33. The van der Waals surface area contributed by atoms with Crippen LogP contribution < -0.4 is 24.8 Å². The number of carbonyl (C=O) groups is 2. The van der Waals surface area contributed by atoms with Crippen molar-refractivity contribution in [2.24, 2.45) is 0 Å². The fourth-order valence-corrected chi connectivity index (χ4v) is 5.75. The van der Waals surface area contributed by atoms with Crippen LogP contribution in [0.4, 0.5) is 10.8 Å². The molecule has 3 aromatic carbocycles. The van der Waals surface area contributed by atoms with Crippen LogP contribution in [0.3, 0.4) is 0 Å². The number of sulfonamides is 1. The van der Waals surface area contributed by atoms with Crippen molar-refractivity contribution >= 4 is 44.0 Å². The van der Waals surface area contributed by atoms with Gasteiger partial charge in [0.2, 0.25) is 5.13 Å². The number of carbonyl (C=O) groups excluding carboxylic acids is 2. The molecule has 11 nitrogen and oxygen atoms in total. The number of ether oxygens (including phenoxy) is 2. The third-order valence-corrected chi connectivity index (χ3v) is 8.38. The summed E-state index contributed by atoms with van der Waals surface area (Å²) in [5, 5.41) is 12.9. The highest BCUT2D eigenvalue weighted by Crippen LogP contribution is 2.28. The van der Waals surface area contributed by atoms with Gasteiger partial charge in [0.05, 0.1) is 25.5 Å². The maximum Gasteiger partial charge on any atom is 0.291 e. The smallest absolute Gasteiger partial charge is 0.291 e. The van der Waals surface area contributed by atoms with E-state index in [0.29, 0.717) is 41.4 Å². The van der Waals surface area contributed by atoms with Crippen LogP contribution in [0.15, 0.2) is 71.1 Å². The van der Waals surface area contributed by atoms with Crippen LogP contribution in [0, 0.1) is 6.92 Å². The minimum absolute atomic E-state index is 0.0230. The lowest BCUT2D eigenvalue weighted by Gasteiger charge is -2.12. The topological polar surface area (TPSA) is 149 Å². The van der Waals surface area contributed by atoms with Crippen LogP contribution in [0.2, 0.25) is 0 Å². The number of nitrogens with zero attached hydrogens (tertiary/aromatic N) is 2. The van der Waals surface area contributed by atoms with Crippen LogP contribution >= 0.6 is 11.3 Å². The van der Waals surface area contributed by atoms with Gasteiger partial charge in [0.15, 0.2) is 11.5 Å². The van der Waals surface area contributed by atoms with Crippen molar-refractivity contribution in [1.82, 2.24) is 15.5 Å². The summed E-state index contributed by atoms with van der Waals surface area (Å²) in [6.07, 6.45) is 0.516. The van der Waals surface area contributed by atoms with E-state index < -0.39 is 21.8 Å². The van der Waals surface area contributed by atoms with Crippen LogP contribution in [0.1, 0.15) is 31.8 Å². The van der Waals surface area contributed by atoms with Crippen molar-refractivity contribution in [3.8, 4) is 11.5 Å². The summed E-state index contributed by atoms with van der Waals surface area (Å²) in [6.45, 7) is 2.09. The first-order chi connectivity index (χ1) is 19.2. The van der Waals surface area contributed by atoms with E-state index in [0.717, 1.165) is 11.1 Å². The Kier molecular flexibility index (Phi) is 8.97. The molecule has 1 aromatic heterocycles. The number of para-hydroxylation sites is 1. The number of nitrogens with one attached hydrogen (secondary N) is 3. The van der Waals surface area contributed by atoms with E-state index in [9.17, 15) is 18.0 Å². The Morgan fingerprint density at radius 1 is 0.875 bits per heavy atom. The number of benzene rings is 3. The molecule has 3 N–H and O–H groups in total. The molecule has 0 aliphatic heterocycles. The maximum absolute atomic E-state index is 13.0. The van der Waals surface area contributed by atoms with Crippen LogP contribution in [0.5, 0.6) is 11.5 Å². The Balaban J connectivity index is 1.41. The summed E-state index contributed by atoms with van der Waals surface area (Å²) in [4.78, 5) is 25.5. The molecule has 0 bridgehead atoms. The van der Waals surface area contributed by atoms with Crippen molar-refractivity contribution in [3.05, 3.63) is 89.0 Å². The van der Waals surface area contributed by atoms with E-state index in [1.807, 2.05) is 18.2 Å². The second kappa shape index (κ2) is 12.6. The lowest BCUT2D eigenvalue weighted by Crippen LogP contribution is -2.27. The first-order valence-corrected chi connectivity index (χ1v) is 14.3. The Labute approximate surface area is 235 Å². The number of anilines is 2. The standard InChI is InChI=1S/C27H27N5O6S2/c1-17-8-4-5-9-19(17)25(34)29-26-30-31-27(39-26)40(35,36)32-21-11-7-6-10-20(21)24(33)28-15-14-18-12-13-22(37-2)23(16-18)38-3/h4-13,16,32H,14-15H2,1-3H3,(H,28,33)(H,29,30,34). The van der Waals surface area contributed by atoms with E-state index in [-0.39, 0.29) is 20.7 Å². The van der Waals surface area contributed by atoms with Crippen molar-refractivity contribution in [3.63, 3.8) is 0 Å². The van der Waals surface area contributed by atoms with E-state index >= 15 is 0 Å². The molecule has 0 aliphatic rings. The second-order valence-electron chi connectivity index (χ2n) is 8.49. The highest BCUT2D eigenvalue weighted by molar-refractivity contribution is 7.94. The molecule has 0 unspecified atom stereocenters. The predicted molar refractivity (Wildman–Crippen MR) is 152 cm³/mol. The fraction of sp³-hybridized carbons (Fsp3) is 0.185. The molecule has 13 heteroatoms. The molecule has 0 saturated heterocycles. The molecular weight excluding hydrogens is 554 g/mol. The largest absolute Gasteiger partial charge is 0.493 e. The van der Waals surface area contributed by atoms with Gasteiger partial charge >= 0.3 is 0 Å². The number of amides is 2. The molecule has 0 radical (unpaired) electrons. The van der Waals surface area contributed by atoms with Gasteiger partial charge in [0.25, 0.3) is 26.2 Å². The second-order valence-corrected chi connectivity index (χ2v) is 11.3. The minimum Gasteiger partial charge on any atom is -0.493 e. The average Bonchev–Trinajstić information content (AvgIpc) is 3.42. The number of methoxy groups -OCH3 is 2. The number of hydrogen-bond donors (Lipinski definition) is 3. The van der Waals surface area contributed by atoms with E-state index in [2.05, 4.69) is 25.6 Å². The molecule has 0 aliphatic carbocycles. The molecule has 0 fully saturated rings. The van der Waals surface area contributed by atoms with Gasteiger partial charge in [0, 0.05) is 12.1 Å². The summed E-state index contributed by atoms with van der Waals surface area (Å²) in [5.74, 6) is 0.303. The first-order valence-electron chi connectivity index (χ1n) is 12.0. The van der Waals surface area contributed by atoms with Gasteiger partial charge in [-0.3, -0.25) is 19.6 Å². The molecule has 0 spiro atoms. The Hall–Kier alpha value is -4.49. The molecule has 4 rings (SSSR count). The Morgan fingerprint density at radius 2 is 1.57 bits per heavy atom. The van der Waals surface area contributed by atoms with Gasteiger partial charge in [-0.2, -0.15) is 8.42 Å². The normalized spacial score (nSPS) is 11.0. The highest BCUT2D eigenvalue weighted by atomic mass is 32.2. The summed E-state index contributed by atoms with van der Waals surface area (Å²) in [6, 6.07) is 18.7. The minimum atomic E-state index is -4.20. The van der Waals surface area contributed by atoms with Gasteiger partial charge in [0.1, 0.15) is 0 Å². The van der Waals surface area contributed by atoms with Crippen molar-refractivity contribution in [1.29, 1.82) is 0 Å². The summed E-state index contributed by atoms with van der Waals surface area (Å²) >= 11 is 0.695. The van der Waals surface area contributed by atoms with E-state index in [1.54, 1.807) is 57.5 Å². The number of rotatable bonds is 11. The van der Waals surface area contributed by atoms with Gasteiger partial charge in [-0.15, -0.1) is 10.2 Å². The molecule has 1 heterocycles. The molecule has 0 atom stereocenters. The summed E-state index contributed by atoms with van der Waals surface area (Å²) in [7, 11) is -1.10. The maximum atomic E-state index is 13.0. The highest BCUT2D eigenvalue weighted by Gasteiger charge is 2.24. The average molecular weight is 582 g/mol. The zero-order valence-corrected chi connectivity index (χ0v) is 23.6. The molecular formula is C27H27N5O6S2. The van der Waals surface area contributed by atoms with Crippen molar-refractivity contribution in [2.45, 2.75) is 17.7 Å². The van der Waals surface area contributed by atoms with E-state index in [1.165, 1.54) is 12.1 Å². The van der Waals surface area contributed by atoms with Gasteiger partial charge in [-0.25, -0.2) is 0 Å². The van der Waals surface area contributed by atoms with Gasteiger partial charge in [-0.1, -0.05) is 47.7 Å². The monoisotopic (exact) mass is 581 g/mol. The number of aromatic nitrogens is 2. The van der Waals surface area contributed by atoms with Crippen molar-refractivity contribution < 1.29 is 27.5 Å². The van der Waals surface area contributed by atoms with Gasteiger partial charge in [-0.05, 0) is 54.8 Å². The zero-order chi connectivity index (χ0) is 28.7. The third-order valence-electron chi connectivity index (χ3n) is 5.81. The predicted octanol–water partition coefficient (Wildman–Crippen LogP) is 3.89. The van der Waals surface area contributed by atoms with E-state index in [4.69, 9.17) is 9.47 Å². The van der Waals surface area contributed by atoms with Crippen LogP contribution in [0.25, 0.3) is 0 Å². The lowest BCUT2D eigenvalue weighted by atomic mass is 10.1. The fourth-order valence-electron chi connectivity index (χ4n) is 3.77. The summed E-state index contributed by atoms with van der Waals surface area (Å²) < 4.78 is 38.7. The van der Waals surface area contributed by atoms with Crippen LogP contribution in [-0.2, 0) is 16.4 Å². The quantitative estimate of drug-likeness (QED) is 0.226. The SMILES string of the molecule is COc1ccc(CCNC(=O)c2ccccc2NS(=O)(=O)c2nnc(NC(=O)c3ccccc3C)s2)cc1OC. The lowest BCUT2D eigenvalue weighted by molar-refractivity contribution is 0.0954. The Bertz CT molecular complexity index is 1640. The number of hydrogen-bond acceptors (Lipinski definition) is 9. The zero-order valence-electron chi connectivity index (χ0n) is 21.9. The van der Waals surface area contributed by atoms with Crippen LogP contribution in [-0.4, -0.2) is 51.2 Å². The van der Waals surface area contributed by atoms with Gasteiger partial charge < -0.3 is 14.8 Å². The molecule has 4 aromatic rings. The first kappa shape index (κ1) is 28.5.